The molecule has 2 N–H and O–H groups in total. The molecular formula is C36H45F2N5O7. The van der Waals surface area contributed by atoms with Gasteiger partial charge in [0.15, 0.2) is 17.3 Å². The van der Waals surface area contributed by atoms with Gasteiger partial charge in [0, 0.05) is 18.7 Å². The quantitative estimate of drug-likeness (QED) is 0.192. The Morgan fingerprint density at radius 2 is 1.72 bits per heavy atom. The van der Waals surface area contributed by atoms with Crippen LogP contribution in [0.5, 0.6) is 11.5 Å². The molecule has 14 heteroatoms. The molecule has 0 bridgehead atoms. The lowest BCUT2D eigenvalue weighted by Gasteiger charge is -2.31. The van der Waals surface area contributed by atoms with Crippen LogP contribution in [0.4, 0.5) is 13.6 Å². The van der Waals surface area contributed by atoms with Gasteiger partial charge >= 0.3 is 12.7 Å². The number of ether oxygens (including phenoxy) is 3. The normalized spacial score (nSPS) is 15.7. The van der Waals surface area contributed by atoms with Gasteiger partial charge in [-0.3, -0.25) is 9.59 Å². The molecule has 1 atom stereocenters. The maximum Gasteiger partial charge on any atom is 0.408 e. The first kappa shape index (κ1) is 36.5. The summed E-state index contributed by atoms with van der Waals surface area (Å²) in [7, 11) is 1.77. The van der Waals surface area contributed by atoms with E-state index in [0.29, 0.717) is 18.1 Å². The minimum Gasteiger partial charge on any atom is -0.489 e. The van der Waals surface area contributed by atoms with Gasteiger partial charge in [-0.1, -0.05) is 25.3 Å². The van der Waals surface area contributed by atoms with Crippen molar-refractivity contribution in [1.29, 1.82) is 0 Å². The summed E-state index contributed by atoms with van der Waals surface area (Å²) in [4.78, 5) is 49.8. The van der Waals surface area contributed by atoms with E-state index in [1.54, 1.807) is 51.8 Å². The second-order valence-corrected chi connectivity index (χ2v) is 13.8. The minimum atomic E-state index is -3.04. The highest BCUT2D eigenvalue weighted by atomic mass is 19.3. The zero-order valence-corrected chi connectivity index (χ0v) is 29.1. The lowest BCUT2D eigenvalue weighted by molar-refractivity contribution is -0.0515. The van der Waals surface area contributed by atoms with E-state index in [2.05, 4.69) is 25.3 Å². The molecule has 5 rings (SSSR count). The van der Waals surface area contributed by atoms with E-state index < -0.39 is 30.3 Å². The fourth-order valence-electron chi connectivity index (χ4n) is 5.69. The summed E-state index contributed by atoms with van der Waals surface area (Å²) in [5.41, 5.74) is 0.153. The molecule has 2 heterocycles. The second-order valence-electron chi connectivity index (χ2n) is 13.8. The second kappa shape index (κ2) is 15.9. The van der Waals surface area contributed by atoms with Gasteiger partial charge in [-0.05, 0) is 89.6 Å². The lowest BCUT2D eigenvalue weighted by atomic mass is 9.94. The van der Waals surface area contributed by atoms with Crippen LogP contribution in [0.1, 0.15) is 111 Å². The summed E-state index contributed by atoms with van der Waals surface area (Å²) < 4.78 is 48.3. The number of pyridine rings is 1. The van der Waals surface area contributed by atoms with E-state index in [0.717, 1.165) is 44.9 Å². The van der Waals surface area contributed by atoms with Crippen LogP contribution in [0.3, 0.4) is 0 Å². The highest BCUT2D eigenvalue weighted by Gasteiger charge is 2.28. The number of nitrogens with zero attached hydrogens (tertiary/aromatic N) is 3. The number of oxazole rings is 1. The van der Waals surface area contributed by atoms with Crippen LogP contribution in [0, 0.1) is 5.92 Å². The van der Waals surface area contributed by atoms with Crippen LogP contribution in [0.25, 0.3) is 11.5 Å². The molecule has 0 saturated heterocycles. The molecule has 12 nitrogen and oxygen atoms in total. The van der Waals surface area contributed by atoms with E-state index in [4.69, 9.17) is 13.9 Å². The first-order valence-corrected chi connectivity index (χ1v) is 17.0. The fraction of sp³-hybridized carbons (Fsp3) is 0.528. The Balaban J connectivity index is 1.37. The zero-order valence-electron chi connectivity index (χ0n) is 29.1. The van der Waals surface area contributed by atoms with Crippen molar-refractivity contribution in [2.24, 2.45) is 5.92 Å². The van der Waals surface area contributed by atoms with Crippen molar-refractivity contribution in [3.05, 3.63) is 59.2 Å². The molecule has 2 aromatic heterocycles. The number of hydrogen-bond acceptors (Lipinski definition) is 9. The van der Waals surface area contributed by atoms with Gasteiger partial charge in [0.05, 0.1) is 19.2 Å². The Morgan fingerprint density at radius 3 is 2.40 bits per heavy atom. The van der Waals surface area contributed by atoms with Crippen LogP contribution >= 0.6 is 0 Å². The molecule has 3 amide bonds. The summed E-state index contributed by atoms with van der Waals surface area (Å²) in [6.45, 7) is 4.06. The van der Waals surface area contributed by atoms with E-state index in [1.165, 1.54) is 24.3 Å². The van der Waals surface area contributed by atoms with E-state index in [1.807, 2.05) is 0 Å². The molecular weight excluding hydrogens is 652 g/mol. The Morgan fingerprint density at radius 1 is 1.00 bits per heavy atom. The van der Waals surface area contributed by atoms with Crippen molar-refractivity contribution in [3.63, 3.8) is 0 Å². The topological polar surface area (TPSA) is 145 Å². The number of carbonyl (C=O) groups excluding carboxylic acids is 3. The number of hydrogen-bond donors (Lipinski definition) is 2. The molecule has 0 radical (unpaired) electrons. The molecule has 270 valence electrons. The number of benzene rings is 1. The largest absolute Gasteiger partial charge is 0.489 e. The molecule has 2 aliphatic carbocycles. The smallest absolute Gasteiger partial charge is 0.408 e. The van der Waals surface area contributed by atoms with Crippen molar-refractivity contribution in [2.75, 3.05) is 13.7 Å². The van der Waals surface area contributed by atoms with Gasteiger partial charge in [0.1, 0.15) is 22.7 Å². The first-order chi connectivity index (χ1) is 23.8. The van der Waals surface area contributed by atoms with Gasteiger partial charge in [0.25, 0.3) is 11.8 Å². The molecule has 50 heavy (non-hydrogen) atoms. The fourth-order valence-corrected chi connectivity index (χ4v) is 5.69. The summed E-state index contributed by atoms with van der Waals surface area (Å²) in [5.74, 6) is -0.132. The van der Waals surface area contributed by atoms with Crippen molar-refractivity contribution in [3.8, 4) is 23.0 Å². The first-order valence-electron chi connectivity index (χ1n) is 17.0. The third-order valence-corrected chi connectivity index (χ3v) is 8.49. The van der Waals surface area contributed by atoms with Crippen molar-refractivity contribution in [1.82, 2.24) is 25.5 Å². The molecule has 1 aromatic carbocycles. The number of carbonyl (C=O) groups is 3. The lowest BCUT2D eigenvalue weighted by Crippen LogP contribution is -2.39. The molecule has 2 aliphatic rings. The predicted octanol–water partition coefficient (Wildman–Crippen LogP) is 7.05. The van der Waals surface area contributed by atoms with Gasteiger partial charge in [0.2, 0.25) is 5.89 Å². The summed E-state index contributed by atoms with van der Waals surface area (Å²) in [6.07, 6.45) is 6.49. The average molecular weight is 698 g/mol. The third kappa shape index (κ3) is 9.91. The number of alkyl halides is 2. The molecule has 3 aromatic rings. The minimum absolute atomic E-state index is 0.0464. The van der Waals surface area contributed by atoms with Crippen LogP contribution < -0.4 is 20.1 Å². The SMILES string of the molecule is CC(NC(=O)OC(C)(C)C)c1oc(-c2ccc(OC(F)F)c(OCC3CC3)c2)nc1CNC(=O)c1cccc(C(=O)N(C)C2CCCCC2)n1. The molecule has 1 unspecified atom stereocenters. The van der Waals surface area contributed by atoms with Gasteiger partial charge < -0.3 is 34.2 Å². The van der Waals surface area contributed by atoms with Crippen LogP contribution in [-0.4, -0.2) is 64.7 Å². The molecule has 0 aliphatic heterocycles. The van der Waals surface area contributed by atoms with Gasteiger partial charge in [-0.25, -0.2) is 14.8 Å². The predicted molar refractivity (Wildman–Crippen MR) is 179 cm³/mol. The number of aromatic nitrogens is 2. The van der Waals surface area contributed by atoms with Crippen LogP contribution in [0.15, 0.2) is 40.8 Å². The Hall–Kier alpha value is -4.75. The average Bonchev–Trinajstić information content (AvgIpc) is 3.81. The monoisotopic (exact) mass is 697 g/mol. The van der Waals surface area contributed by atoms with Crippen molar-refractivity contribution in [2.45, 2.75) is 103 Å². The Labute approximate surface area is 290 Å². The highest BCUT2D eigenvalue weighted by Crippen LogP contribution is 2.37. The number of halogens is 2. The van der Waals surface area contributed by atoms with Crippen molar-refractivity contribution < 1.29 is 41.8 Å². The Kier molecular flexibility index (Phi) is 11.6. The van der Waals surface area contributed by atoms with Crippen molar-refractivity contribution >= 4 is 17.9 Å². The standard InChI is InChI=1S/C36H45F2N5O7/c1-21(40-35(46)50-36(2,3)4)30-27(42-32(49-30)23-16-17-28(48-34(37)38)29(18-23)47-20-22-14-15-22)19-39-31(44)25-12-9-13-26(41-25)33(45)43(5)24-10-7-6-8-11-24/h9,12-13,16-18,21-22,24,34H,6-8,10-11,14-15,19-20H2,1-5H3,(H,39,44)(H,40,46). The molecule has 0 spiro atoms. The van der Waals surface area contributed by atoms with E-state index in [9.17, 15) is 23.2 Å². The maximum absolute atomic E-state index is 13.3. The van der Waals surface area contributed by atoms with Gasteiger partial charge in [-0.15, -0.1) is 0 Å². The maximum atomic E-state index is 13.3. The van der Waals surface area contributed by atoms with Gasteiger partial charge in [-0.2, -0.15) is 8.78 Å². The summed E-state index contributed by atoms with van der Waals surface area (Å²) in [6, 6.07) is 8.46. The summed E-state index contributed by atoms with van der Waals surface area (Å²) >= 11 is 0. The van der Waals surface area contributed by atoms with E-state index in [-0.39, 0.29) is 58.7 Å². The van der Waals surface area contributed by atoms with E-state index >= 15 is 0 Å². The number of amides is 3. The van der Waals surface area contributed by atoms with Crippen LogP contribution in [-0.2, 0) is 11.3 Å². The number of rotatable bonds is 13. The molecule has 2 saturated carbocycles. The summed E-state index contributed by atoms with van der Waals surface area (Å²) in [5, 5.41) is 5.51. The van der Waals surface area contributed by atoms with Crippen LogP contribution in [0.2, 0.25) is 0 Å². The zero-order chi connectivity index (χ0) is 36.0. The Bertz CT molecular complexity index is 1660. The number of nitrogens with one attached hydrogen (secondary N) is 2. The third-order valence-electron chi connectivity index (χ3n) is 8.49. The molecule has 2 fully saturated rings. The highest BCUT2D eigenvalue weighted by molar-refractivity contribution is 5.96. The number of alkyl carbamates (subject to hydrolysis) is 1.